The molecule has 0 radical (unpaired) electrons. The number of aliphatic hydroxyl groups is 1. The van der Waals surface area contributed by atoms with Gasteiger partial charge in [0.25, 0.3) is 0 Å². The van der Waals surface area contributed by atoms with Gasteiger partial charge in [0.15, 0.2) is 5.79 Å². The summed E-state index contributed by atoms with van der Waals surface area (Å²) >= 11 is 0. The number of ether oxygens (including phenoxy) is 1. The molecule has 0 saturated carbocycles. The molecule has 2 nitrogen and oxygen atoms in total. The van der Waals surface area contributed by atoms with Gasteiger partial charge in [-0.3, -0.25) is 0 Å². The first kappa shape index (κ1) is 17.5. The van der Waals surface area contributed by atoms with Crippen molar-refractivity contribution in [2.24, 2.45) is 11.8 Å². The monoisotopic (exact) mass is 304 g/mol. The van der Waals surface area contributed by atoms with Crippen molar-refractivity contribution < 1.29 is 9.84 Å². The largest absolute Gasteiger partial charge is 0.365 e. The van der Waals surface area contributed by atoms with Gasteiger partial charge in [-0.15, -0.1) is 0 Å². The predicted octanol–water partition coefficient (Wildman–Crippen LogP) is 5.15. The fourth-order valence-electron chi connectivity index (χ4n) is 3.61. The Bertz CT molecular complexity index is 482. The molecule has 4 atom stereocenters. The molecule has 1 aliphatic heterocycles. The lowest BCUT2D eigenvalue weighted by atomic mass is 9.80. The van der Waals surface area contributed by atoms with Crippen LogP contribution in [0.4, 0.5) is 0 Å². The summed E-state index contributed by atoms with van der Waals surface area (Å²) in [5.41, 5.74) is 4.08. The highest BCUT2D eigenvalue weighted by molar-refractivity contribution is 5.13. The molecule has 1 aliphatic carbocycles. The first-order valence-electron chi connectivity index (χ1n) is 8.68. The van der Waals surface area contributed by atoms with Crippen LogP contribution in [0.25, 0.3) is 0 Å². The molecular weight excluding hydrogens is 272 g/mol. The van der Waals surface area contributed by atoms with Crippen LogP contribution in [-0.2, 0) is 4.74 Å². The first-order valence-corrected chi connectivity index (χ1v) is 8.68. The van der Waals surface area contributed by atoms with Gasteiger partial charge in [-0.1, -0.05) is 41.9 Å². The van der Waals surface area contributed by atoms with Crippen LogP contribution >= 0.6 is 0 Å². The van der Waals surface area contributed by atoms with Gasteiger partial charge < -0.3 is 9.84 Å². The average Bonchev–Trinajstić information content (AvgIpc) is 2.66. The molecule has 1 heterocycles. The molecule has 124 valence electrons. The summed E-state index contributed by atoms with van der Waals surface area (Å²) < 4.78 is 6.17. The van der Waals surface area contributed by atoms with E-state index in [1.165, 1.54) is 16.7 Å². The van der Waals surface area contributed by atoms with Gasteiger partial charge in [0.2, 0.25) is 0 Å². The van der Waals surface area contributed by atoms with Crippen molar-refractivity contribution in [3.8, 4) is 0 Å². The van der Waals surface area contributed by atoms with Gasteiger partial charge in [0, 0.05) is 12.3 Å². The lowest BCUT2D eigenvalue weighted by molar-refractivity contribution is -0.199. The van der Waals surface area contributed by atoms with Crippen LogP contribution in [0.15, 0.2) is 34.9 Å². The molecule has 0 unspecified atom stereocenters. The third kappa shape index (κ3) is 4.11. The standard InChI is InChI=1S/C20H32O2/c1-14(2)11-12-20(21)17(5)18-10-9-15(3)7-6-8-16(4)13-19(18)22-20/h7,11,13,17-19,21H,6,8-10,12H2,1-5H3/b15-7+,16-13+/t17-,18-,19-,20+/m1/s1. The summed E-state index contributed by atoms with van der Waals surface area (Å²) in [7, 11) is 0. The van der Waals surface area contributed by atoms with Crippen LogP contribution in [0.2, 0.25) is 0 Å². The second-order valence-corrected chi connectivity index (χ2v) is 7.51. The van der Waals surface area contributed by atoms with Gasteiger partial charge in [0.05, 0.1) is 6.10 Å². The molecule has 2 heteroatoms. The Morgan fingerprint density at radius 2 is 2.05 bits per heavy atom. The first-order chi connectivity index (χ1) is 10.3. The molecule has 2 aliphatic rings. The van der Waals surface area contributed by atoms with E-state index in [9.17, 15) is 5.11 Å². The van der Waals surface area contributed by atoms with E-state index in [2.05, 4.69) is 52.8 Å². The van der Waals surface area contributed by atoms with Crippen molar-refractivity contribution in [2.45, 2.75) is 78.6 Å². The van der Waals surface area contributed by atoms with Gasteiger partial charge >= 0.3 is 0 Å². The molecule has 1 fully saturated rings. The Morgan fingerprint density at radius 1 is 1.32 bits per heavy atom. The summed E-state index contributed by atoms with van der Waals surface area (Å²) in [4.78, 5) is 0. The van der Waals surface area contributed by atoms with Crippen LogP contribution in [0.3, 0.4) is 0 Å². The zero-order chi connectivity index (χ0) is 16.3. The van der Waals surface area contributed by atoms with Gasteiger partial charge in [-0.25, -0.2) is 0 Å². The van der Waals surface area contributed by atoms with Crippen molar-refractivity contribution in [3.63, 3.8) is 0 Å². The molecule has 0 aromatic heterocycles. The topological polar surface area (TPSA) is 29.5 Å². The molecule has 0 bridgehead atoms. The summed E-state index contributed by atoms with van der Waals surface area (Å²) in [6, 6.07) is 0. The minimum atomic E-state index is -1.02. The summed E-state index contributed by atoms with van der Waals surface area (Å²) in [5, 5.41) is 11.0. The van der Waals surface area contributed by atoms with Crippen LogP contribution in [-0.4, -0.2) is 17.0 Å². The summed E-state index contributed by atoms with van der Waals surface area (Å²) in [6.07, 6.45) is 11.8. The lowest BCUT2D eigenvalue weighted by Crippen LogP contribution is -2.34. The maximum Gasteiger partial charge on any atom is 0.172 e. The number of hydrogen-bond acceptors (Lipinski definition) is 2. The van der Waals surface area contributed by atoms with Crippen LogP contribution < -0.4 is 0 Å². The highest BCUT2D eigenvalue weighted by Crippen LogP contribution is 2.45. The number of rotatable bonds is 2. The average molecular weight is 304 g/mol. The maximum atomic E-state index is 11.0. The van der Waals surface area contributed by atoms with E-state index < -0.39 is 5.79 Å². The Balaban J connectivity index is 2.23. The van der Waals surface area contributed by atoms with E-state index in [4.69, 9.17) is 4.74 Å². The second-order valence-electron chi connectivity index (χ2n) is 7.51. The quantitative estimate of drug-likeness (QED) is 0.715. The highest BCUT2D eigenvalue weighted by Gasteiger charge is 2.49. The molecule has 2 rings (SSSR count). The number of allylic oxidation sites excluding steroid dienone is 4. The third-order valence-corrected chi connectivity index (χ3v) is 5.27. The molecule has 0 aromatic carbocycles. The zero-order valence-corrected chi connectivity index (χ0v) is 14.9. The molecule has 22 heavy (non-hydrogen) atoms. The van der Waals surface area contributed by atoms with E-state index in [1.807, 2.05) is 0 Å². The molecule has 1 saturated heterocycles. The van der Waals surface area contributed by atoms with Crippen molar-refractivity contribution in [3.05, 3.63) is 34.9 Å². The summed E-state index contributed by atoms with van der Waals surface area (Å²) in [5.74, 6) is -0.467. The molecule has 0 aromatic rings. The second kappa shape index (κ2) is 7.14. The molecule has 0 spiro atoms. The number of fused-ring (bicyclic) bond motifs is 1. The SMILES string of the molecule is CC(C)=CC[C@]1(O)O[C@@H]2/C=C(\C)CC/C=C(\C)CC[C@@H]2[C@H]1C. The van der Waals surface area contributed by atoms with Gasteiger partial charge in [-0.2, -0.15) is 0 Å². The maximum absolute atomic E-state index is 11.0. The lowest BCUT2D eigenvalue weighted by Gasteiger charge is -2.27. The Morgan fingerprint density at radius 3 is 2.73 bits per heavy atom. The molecular formula is C20H32O2. The predicted molar refractivity (Wildman–Crippen MR) is 92.5 cm³/mol. The van der Waals surface area contributed by atoms with Crippen molar-refractivity contribution in [1.82, 2.24) is 0 Å². The fourth-order valence-corrected chi connectivity index (χ4v) is 3.61. The third-order valence-electron chi connectivity index (χ3n) is 5.27. The van der Waals surface area contributed by atoms with E-state index in [-0.39, 0.29) is 12.0 Å². The van der Waals surface area contributed by atoms with E-state index in [0.29, 0.717) is 12.3 Å². The van der Waals surface area contributed by atoms with Crippen LogP contribution in [0.5, 0.6) is 0 Å². The summed E-state index contributed by atoms with van der Waals surface area (Å²) in [6.45, 7) is 10.7. The van der Waals surface area contributed by atoms with E-state index >= 15 is 0 Å². The van der Waals surface area contributed by atoms with Crippen molar-refractivity contribution >= 4 is 0 Å². The van der Waals surface area contributed by atoms with Crippen LogP contribution in [0, 0.1) is 11.8 Å². The highest BCUT2D eigenvalue weighted by atomic mass is 16.6. The van der Waals surface area contributed by atoms with Gasteiger partial charge in [-0.05, 0) is 59.3 Å². The Labute approximate surface area is 136 Å². The van der Waals surface area contributed by atoms with E-state index in [0.717, 1.165) is 25.7 Å². The van der Waals surface area contributed by atoms with Crippen molar-refractivity contribution in [2.75, 3.05) is 0 Å². The van der Waals surface area contributed by atoms with Gasteiger partial charge in [0.1, 0.15) is 0 Å². The normalized spacial score (nSPS) is 40.9. The minimum Gasteiger partial charge on any atom is -0.365 e. The minimum absolute atomic E-state index is 0.0523. The molecule has 1 N–H and O–H groups in total. The van der Waals surface area contributed by atoms with Crippen LogP contribution in [0.1, 0.15) is 66.7 Å². The zero-order valence-electron chi connectivity index (χ0n) is 14.9. The van der Waals surface area contributed by atoms with Crippen molar-refractivity contribution in [1.29, 1.82) is 0 Å². The van der Waals surface area contributed by atoms with E-state index in [1.54, 1.807) is 0 Å². The molecule has 0 amide bonds. The Kier molecular flexibility index (Phi) is 5.68. The smallest absolute Gasteiger partial charge is 0.172 e. The number of hydrogen-bond donors (Lipinski definition) is 1. The fraction of sp³-hybridized carbons (Fsp3) is 0.700. The Hall–Kier alpha value is -0.860.